The second-order valence-electron chi connectivity index (χ2n) is 34.5. The number of sulfonamides is 2. The molecule has 10 heterocycles. The number of piperazine rings is 2. The lowest BCUT2D eigenvalue weighted by Gasteiger charge is -2.47. The summed E-state index contributed by atoms with van der Waals surface area (Å²) in [4.78, 5) is 74.9. The van der Waals surface area contributed by atoms with Crippen LogP contribution in [0.5, 0.6) is 23.0 Å². The van der Waals surface area contributed by atoms with Gasteiger partial charge in [0, 0.05) is 167 Å². The number of halogens is 2. The van der Waals surface area contributed by atoms with Crippen molar-refractivity contribution in [1.29, 1.82) is 0 Å². The quantitative estimate of drug-likeness (QED) is 0.0362. The zero-order valence-corrected chi connectivity index (χ0v) is 72.3. The summed E-state index contributed by atoms with van der Waals surface area (Å²) >= 11 is 12.6. The number of amides is 2. The first-order valence-electron chi connectivity index (χ1n) is 43.0. The summed E-state index contributed by atoms with van der Waals surface area (Å²) in [5, 5.41) is 36.8. The Morgan fingerprint density at radius 3 is 1.44 bits per heavy atom. The molecule has 2 saturated carbocycles. The Labute approximate surface area is 736 Å². The van der Waals surface area contributed by atoms with Crippen molar-refractivity contribution in [3.05, 3.63) is 234 Å². The van der Waals surface area contributed by atoms with Crippen molar-refractivity contribution >= 4 is 133 Å². The van der Waals surface area contributed by atoms with Crippen molar-refractivity contribution in [3.8, 4) is 23.0 Å². The molecule has 0 unspecified atom stereocenters. The molecule has 4 N–H and O–H groups in total. The fraction of sp³-hybridized carbons (Fsp3) is 0.370. The normalized spacial score (nSPS) is 18.5. The number of ether oxygens (including phenoxy) is 4. The van der Waals surface area contributed by atoms with E-state index in [0.717, 1.165) is 135 Å². The smallest absolute Gasteiger partial charge is 0.281 e. The number of nitrogens with one attached hydrogen (secondary N) is 4. The van der Waals surface area contributed by atoms with Gasteiger partial charge in [-0.1, -0.05) is 71.5 Å². The molecule has 8 aliphatic rings. The Hall–Kier alpha value is -11.6. The number of nitro benzene ring substituents is 2. The lowest BCUT2D eigenvalue weighted by atomic mass is 9.59. The summed E-state index contributed by atoms with van der Waals surface area (Å²) in [6.07, 6.45) is 26.9. The zero-order valence-electron chi connectivity index (χ0n) is 69.2. The van der Waals surface area contributed by atoms with Crippen molar-refractivity contribution in [3.63, 3.8) is 0 Å². The van der Waals surface area contributed by atoms with Gasteiger partial charge < -0.3 is 38.7 Å². The number of aromatic nitrogens is 8. The van der Waals surface area contributed by atoms with Gasteiger partial charge in [0.2, 0.25) is 0 Å². The van der Waals surface area contributed by atoms with E-state index in [1.165, 1.54) is 116 Å². The maximum atomic E-state index is 14.1. The average molecular weight is 1780 g/mol. The van der Waals surface area contributed by atoms with Gasteiger partial charge in [-0.3, -0.25) is 49.0 Å². The fourth-order valence-corrected chi connectivity index (χ4v) is 21.7. The molecule has 30 nitrogen and oxygen atoms in total. The van der Waals surface area contributed by atoms with Crippen LogP contribution in [0, 0.1) is 31.1 Å². The third kappa shape index (κ3) is 17.6. The Morgan fingerprint density at radius 1 is 0.532 bits per heavy atom. The van der Waals surface area contributed by atoms with Gasteiger partial charge in [-0.15, -0.1) is 0 Å². The van der Waals surface area contributed by atoms with Gasteiger partial charge in [0.05, 0.1) is 77.7 Å². The molecule has 0 radical (unpaired) electrons. The van der Waals surface area contributed by atoms with Crippen LogP contribution in [0.1, 0.15) is 147 Å². The monoisotopic (exact) mass is 1780 g/mol. The van der Waals surface area contributed by atoms with Crippen LogP contribution in [-0.4, -0.2) is 180 Å². The number of benzene rings is 6. The van der Waals surface area contributed by atoms with Crippen molar-refractivity contribution in [2.75, 3.05) is 102 Å². The number of aromatic amines is 2. The van der Waals surface area contributed by atoms with E-state index in [0.29, 0.717) is 85.7 Å². The van der Waals surface area contributed by atoms with Crippen LogP contribution in [0.2, 0.25) is 10.0 Å². The molecule has 2 spiro atoms. The van der Waals surface area contributed by atoms with E-state index in [9.17, 15) is 46.7 Å². The van der Waals surface area contributed by atoms with Gasteiger partial charge in [-0.05, 0) is 208 Å². The molecular weight excluding hydrogens is 1690 g/mol. The molecular formula is C92H94Cl2N16O14S2. The summed E-state index contributed by atoms with van der Waals surface area (Å²) in [5.41, 5.74) is 11.8. The number of rotatable bonds is 22. The van der Waals surface area contributed by atoms with E-state index in [2.05, 4.69) is 83.4 Å². The van der Waals surface area contributed by atoms with Crippen LogP contribution in [-0.2, 0) is 29.5 Å². The topological polar surface area (TPSA) is 356 Å². The molecule has 126 heavy (non-hydrogen) atoms. The second kappa shape index (κ2) is 35.0. The Bertz CT molecular complexity index is 6510. The van der Waals surface area contributed by atoms with Gasteiger partial charge in [-0.25, -0.2) is 36.2 Å². The van der Waals surface area contributed by atoms with Gasteiger partial charge >= 0.3 is 0 Å². The molecule has 0 atom stereocenters. The number of anilines is 2. The molecule has 12 aromatic rings. The predicted octanol–water partition coefficient (Wildman–Crippen LogP) is 17.3. The highest BCUT2D eigenvalue weighted by atomic mass is 35.5. The summed E-state index contributed by atoms with van der Waals surface area (Å²) in [7, 11) is -9.27. The number of allylic oxidation sites excluding steroid dienone is 2. The number of non-ortho nitro benzene ring substituents is 2. The molecule has 6 aromatic heterocycles. The summed E-state index contributed by atoms with van der Waals surface area (Å²) in [5.74, 6) is -0.969. The molecule has 4 aliphatic heterocycles. The number of carbonyl (C=O) groups is 2. The van der Waals surface area contributed by atoms with Crippen LogP contribution < -0.4 is 28.7 Å². The number of fused-ring (bicyclic) bond motifs is 4. The predicted molar refractivity (Wildman–Crippen MR) is 480 cm³/mol. The molecule has 4 saturated heterocycles. The Morgan fingerprint density at radius 2 is 0.984 bits per heavy atom. The van der Waals surface area contributed by atoms with Crippen LogP contribution in [0.25, 0.3) is 55.0 Å². The average Bonchev–Trinajstić information content (AvgIpc) is 1.77. The van der Waals surface area contributed by atoms with Crippen molar-refractivity contribution in [2.24, 2.45) is 10.8 Å². The third-order valence-corrected chi connectivity index (χ3v) is 30.0. The fourth-order valence-electron chi connectivity index (χ4n) is 19.5. The van der Waals surface area contributed by atoms with Crippen molar-refractivity contribution in [2.45, 2.75) is 125 Å². The van der Waals surface area contributed by atoms with Crippen LogP contribution >= 0.6 is 23.2 Å². The zero-order chi connectivity index (χ0) is 86.6. The van der Waals surface area contributed by atoms with E-state index < -0.39 is 62.9 Å². The summed E-state index contributed by atoms with van der Waals surface area (Å²) in [6.45, 7) is 10.1. The van der Waals surface area contributed by atoms with Gasteiger partial charge in [0.1, 0.15) is 39.8 Å². The molecule has 6 aromatic carbocycles. The van der Waals surface area contributed by atoms with E-state index in [1.54, 1.807) is 76.5 Å². The van der Waals surface area contributed by atoms with Crippen LogP contribution in [0.15, 0.2) is 192 Å². The standard InChI is InChI=1S/2C46H47ClN8O7S/c47-33-4-2-30(3-5-33)39-26-46(12-1-13-46)14-8-32(39)29-52-16-18-53(19-17-52)35-6-7-38(43(23-35)62-36-22-31-9-15-48-44(31)49-27-36)45(56)51-63(59,60)37-24-41-40(42(25-37)55(57)58)28-50-54(41)34-10-20-61-21-11-34;47-33-4-2-30(3-5-33)39-26-46(12-1-13-46)14-8-32(39)28-52-16-18-53(19-17-52)35-6-7-38(43(23-35)62-36-22-31-9-15-48-44(31)49-27-36)45(56)51-63(59,60)37-24-41-40(42(25-37)55(57)58)29-54(50-41)34-10-20-61-21-11-34/h2-7,9,15,22-25,27-28,34H,1,8,10-14,16-21,26,29H2,(H,48,49)(H,51,56);2-7,9,15,22-25,27,29,34H,1,8,10-14,16-21,26,28H2,(H,48,49)(H,51,56). The highest BCUT2D eigenvalue weighted by molar-refractivity contribution is 7.90. The largest absolute Gasteiger partial charge is 0.455 e. The second-order valence-corrected chi connectivity index (χ2v) is 38.8. The summed E-state index contributed by atoms with van der Waals surface area (Å²) < 4.78 is 87.0. The minimum Gasteiger partial charge on any atom is -0.455 e. The number of nitro groups is 2. The molecule has 652 valence electrons. The SMILES string of the molecule is O=C(NS(=O)(=O)c1cc([N+](=O)[O-])c2cn(C3CCOCC3)nc2c1)c1ccc(N2CCN(CC3=C(c4ccc(Cl)cc4)CC4(CCC4)CC3)CC2)cc1Oc1cnc2[nH]ccc2c1.O=C(NS(=O)(=O)c1cc([N+](=O)[O-])c2cnn(C3CCOCC3)c2c1)c1ccc(N2CCN(CC3=C(c4ccc(Cl)cc4)CC4(CCC4)CC3)CC2)cc1Oc1cnc2[nH]ccc2c1. The maximum absolute atomic E-state index is 14.1. The first-order chi connectivity index (χ1) is 61.0. The van der Waals surface area contributed by atoms with Gasteiger partial charge in [0.25, 0.3) is 43.2 Å². The molecule has 0 bridgehead atoms. The van der Waals surface area contributed by atoms with Crippen LogP contribution in [0.3, 0.4) is 0 Å². The lowest BCUT2D eigenvalue weighted by molar-refractivity contribution is -0.383. The molecule has 2 amide bonds. The molecule has 34 heteroatoms. The Kier molecular flexibility index (Phi) is 23.3. The maximum Gasteiger partial charge on any atom is 0.281 e. The number of carbonyl (C=O) groups excluding carboxylic acids is 2. The number of hydrogen-bond donors (Lipinski definition) is 4. The highest BCUT2D eigenvalue weighted by Crippen LogP contribution is 2.57. The van der Waals surface area contributed by atoms with Crippen molar-refractivity contribution < 1.29 is 55.2 Å². The highest BCUT2D eigenvalue weighted by Gasteiger charge is 2.43. The van der Waals surface area contributed by atoms with Crippen LogP contribution in [0.4, 0.5) is 22.7 Å². The van der Waals surface area contributed by atoms with E-state index in [4.69, 9.17) is 42.1 Å². The number of nitrogens with zero attached hydrogens (tertiary/aromatic N) is 12. The van der Waals surface area contributed by atoms with Gasteiger partial charge in [0.15, 0.2) is 0 Å². The Balaban J connectivity index is 0.000000165. The number of H-pyrrole nitrogens is 2. The first kappa shape index (κ1) is 83.9. The minimum absolute atomic E-state index is 0.0406. The molecule has 20 rings (SSSR count). The number of pyridine rings is 2. The third-order valence-electron chi connectivity index (χ3n) is 26.8. The lowest BCUT2D eigenvalue weighted by Crippen LogP contribution is -2.47. The minimum atomic E-state index is -4.64. The number of hydrogen-bond acceptors (Lipinski definition) is 22. The van der Waals surface area contributed by atoms with E-state index >= 15 is 0 Å². The van der Waals surface area contributed by atoms with E-state index in [1.807, 2.05) is 36.4 Å². The summed E-state index contributed by atoms with van der Waals surface area (Å²) in [6, 6.07) is 38.4. The first-order valence-corrected chi connectivity index (χ1v) is 46.7. The van der Waals surface area contributed by atoms with E-state index in [-0.39, 0.29) is 56.5 Å². The van der Waals surface area contributed by atoms with Gasteiger partial charge in [-0.2, -0.15) is 10.2 Å². The molecule has 4 aliphatic carbocycles. The van der Waals surface area contributed by atoms with Crippen molar-refractivity contribution in [1.82, 2.24) is 58.7 Å². The molecule has 6 fully saturated rings.